The average Bonchev–Trinajstić information content (AvgIpc) is 2.28. The first kappa shape index (κ1) is 14.7. The fraction of sp³-hybridized carbons (Fsp3) is 0.833. The van der Waals surface area contributed by atoms with Gasteiger partial charge in [0, 0.05) is 19.1 Å². The Hall–Kier alpha value is -0.390. The van der Waals surface area contributed by atoms with Crippen LogP contribution in [0.15, 0.2) is 11.6 Å². The zero-order valence-electron chi connectivity index (χ0n) is 11.2. The molecule has 0 saturated heterocycles. The van der Waals surface area contributed by atoms with Crippen LogP contribution >= 0.6 is 0 Å². The van der Waals surface area contributed by atoms with Crippen LogP contribution in [0.3, 0.4) is 0 Å². The first-order chi connectivity index (χ1) is 7.84. The smallest absolute Gasteiger partial charge is 0.195 e. The highest BCUT2D eigenvalue weighted by Gasteiger charge is 2.24. The number of hydrogen-bond donors (Lipinski definition) is 1. The summed E-state index contributed by atoms with van der Waals surface area (Å²) in [4.78, 5) is 0. The fourth-order valence-corrected chi connectivity index (χ4v) is 3.24. The lowest BCUT2D eigenvalue weighted by Crippen LogP contribution is -2.45. The van der Waals surface area contributed by atoms with Gasteiger partial charge in [0.05, 0.1) is 0 Å². The minimum Gasteiger partial charge on any atom is -0.195 e. The normalized spacial score (nSPS) is 19.5. The van der Waals surface area contributed by atoms with Gasteiger partial charge >= 0.3 is 0 Å². The fourth-order valence-electron chi connectivity index (χ4n) is 1.92. The zero-order chi connectivity index (χ0) is 13.1. The Morgan fingerprint density at radius 2 is 1.94 bits per heavy atom. The molecule has 1 unspecified atom stereocenters. The molecule has 0 spiro atoms. The van der Waals surface area contributed by atoms with Gasteiger partial charge in [0.25, 0.3) is 10.2 Å². The lowest BCUT2D eigenvalue weighted by molar-refractivity contribution is 0.399. The summed E-state index contributed by atoms with van der Waals surface area (Å²) < 4.78 is 28.1. The maximum Gasteiger partial charge on any atom is 0.279 e. The lowest BCUT2D eigenvalue weighted by atomic mass is 9.95. The van der Waals surface area contributed by atoms with Gasteiger partial charge in [-0.3, -0.25) is 0 Å². The van der Waals surface area contributed by atoms with E-state index in [4.69, 9.17) is 0 Å². The molecule has 0 bridgehead atoms. The van der Waals surface area contributed by atoms with Crippen molar-refractivity contribution in [1.82, 2.24) is 9.03 Å². The van der Waals surface area contributed by atoms with E-state index in [1.165, 1.54) is 16.3 Å². The molecule has 1 aliphatic carbocycles. The summed E-state index contributed by atoms with van der Waals surface area (Å²) in [7, 11) is -1.76. The summed E-state index contributed by atoms with van der Waals surface area (Å²) in [6, 6.07) is -0.124. The molecule has 0 aromatic rings. The third kappa shape index (κ3) is 4.08. The van der Waals surface area contributed by atoms with Gasteiger partial charge in [-0.15, -0.1) is 0 Å². The van der Waals surface area contributed by atoms with Crippen LogP contribution in [0.25, 0.3) is 0 Å². The first-order valence-corrected chi connectivity index (χ1v) is 7.73. The summed E-state index contributed by atoms with van der Waals surface area (Å²) in [5.74, 6) is 0. The highest BCUT2D eigenvalue weighted by Crippen LogP contribution is 2.20. The molecule has 0 fully saturated rings. The van der Waals surface area contributed by atoms with Crippen LogP contribution in [0.5, 0.6) is 0 Å². The van der Waals surface area contributed by atoms with Crippen molar-refractivity contribution in [2.75, 3.05) is 7.05 Å². The Labute approximate surface area is 105 Å². The Balaban J connectivity index is 2.67. The third-order valence-corrected chi connectivity index (χ3v) is 5.15. The highest BCUT2D eigenvalue weighted by atomic mass is 32.2. The molecule has 100 valence electrons. The van der Waals surface area contributed by atoms with Crippen LogP contribution in [-0.2, 0) is 10.2 Å². The molecule has 1 N–H and O–H groups in total. The van der Waals surface area contributed by atoms with Crippen molar-refractivity contribution in [2.45, 2.75) is 58.5 Å². The van der Waals surface area contributed by atoms with Crippen molar-refractivity contribution in [1.29, 1.82) is 0 Å². The number of nitrogens with one attached hydrogen (secondary N) is 1. The Kier molecular flexibility index (Phi) is 5.16. The number of hydrogen-bond acceptors (Lipinski definition) is 2. The molecule has 4 nitrogen and oxygen atoms in total. The van der Waals surface area contributed by atoms with Crippen molar-refractivity contribution in [2.24, 2.45) is 0 Å². The zero-order valence-corrected chi connectivity index (χ0v) is 12.0. The van der Waals surface area contributed by atoms with E-state index in [0.717, 1.165) is 19.3 Å². The Bertz CT molecular complexity index is 374. The molecule has 0 heterocycles. The second-order valence-corrected chi connectivity index (χ2v) is 6.74. The van der Waals surface area contributed by atoms with Crippen LogP contribution in [-0.4, -0.2) is 31.9 Å². The second kappa shape index (κ2) is 5.98. The van der Waals surface area contributed by atoms with Gasteiger partial charge in [0.15, 0.2) is 0 Å². The van der Waals surface area contributed by atoms with Gasteiger partial charge in [-0.25, -0.2) is 0 Å². The molecule has 1 aliphatic rings. The third-order valence-electron chi connectivity index (χ3n) is 3.31. The summed E-state index contributed by atoms with van der Waals surface area (Å²) in [5, 5.41) is 0. The molecule has 0 aromatic carbocycles. The van der Waals surface area contributed by atoms with Crippen LogP contribution < -0.4 is 4.72 Å². The Morgan fingerprint density at radius 1 is 1.29 bits per heavy atom. The van der Waals surface area contributed by atoms with Crippen LogP contribution in [0.2, 0.25) is 0 Å². The second-order valence-electron chi connectivity index (χ2n) is 4.98. The quantitative estimate of drug-likeness (QED) is 0.769. The molecular formula is C12H24N2O2S. The minimum absolute atomic E-state index is 0.0277. The largest absolute Gasteiger partial charge is 0.279 e. The van der Waals surface area contributed by atoms with E-state index >= 15 is 0 Å². The number of allylic oxidation sites excluding steroid dienone is 1. The molecule has 0 aromatic heterocycles. The van der Waals surface area contributed by atoms with Gasteiger partial charge in [-0.1, -0.05) is 11.6 Å². The van der Waals surface area contributed by atoms with Crippen molar-refractivity contribution in [3.8, 4) is 0 Å². The van der Waals surface area contributed by atoms with E-state index in [-0.39, 0.29) is 12.1 Å². The van der Waals surface area contributed by atoms with Crippen LogP contribution in [0.4, 0.5) is 0 Å². The van der Waals surface area contributed by atoms with Crippen LogP contribution in [0, 0.1) is 0 Å². The summed E-state index contributed by atoms with van der Waals surface area (Å²) in [6.45, 7) is 5.65. The molecule has 0 saturated carbocycles. The van der Waals surface area contributed by atoms with Crippen molar-refractivity contribution in [3.05, 3.63) is 11.6 Å². The van der Waals surface area contributed by atoms with Crippen LogP contribution in [0.1, 0.15) is 46.5 Å². The first-order valence-electron chi connectivity index (χ1n) is 6.29. The predicted octanol–water partition coefficient (Wildman–Crippen LogP) is 2.05. The molecule has 1 rings (SSSR count). The minimum atomic E-state index is -3.37. The average molecular weight is 260 g/mol. The van der Waals surface area contributed by atoms with E-state index in [0.29, 0.717) is 0 Å². The molecule has 0 radical (unpaired) electrons. The van der Waals surface area contributed by atoms with Gasteiger partial charge < -0.3 is 0 Å². The van der Waals surface area contributed by atoms with Gasteiger partial charge in [0.2, 0.25) is 0 Å². The topological polar surface area (TPSA) is 49.4 Å². The number of rotatable bonds is 5. The van der Waals surface area contributed by atoms with Crippen molar-refractivity contribution < 1.29 is 8.42 Å². The molecule has 0 amide bonds. The highest BCUT2D eigenvalue weighted by molar-refractivity contribution is 7.87. The summed E-state index contributed by atoms with van der Waals surface area (Å²) in [6.07, 6.45) is 6.63. The van der Waals surface area contributed by atoms with E-state index in [1.807, 2.05) is 20.8 Å². The summed E-state index contributed by atoms with van der Waals surface area (Å²) >= 11 is 0. The predicted molar refractivity (Wildman–Crippen MR) is 71.0 cm³/mol. The summed E-state index contributed by atoms with van der Waals surface area (Å²) in [5.41, 5.74) is 1.22. The van der Waals surface area contributed by atoms with E-state index < -0.39 is 10.2 Å². The van der Waals surface area contributed by atoms with E-state index in [2.05, 4.69) is 10.8 Å². The maximum absolute atomic E-state index is 12.0. The molecule has 17 heavy (non-hydrogen) atoms. The molecular weight excluding hydrogens is 236 g/mol. The molecule has 0 aliphatic heterocycles. The maximum atomic E-state index is 12.0. The van der Waals surface area contributed by atoms with Crippen molar-refractivity contribution in [3.63, 3.8) is 0 Å². The standard InChI is InChI=1S/C12H24N2O2S/c1-10(2)14(4)17(15,16)13-11(3)12-8-6-5-7-9-12/h8,10-11,13H,5-7,9H2,1-4H3. The lowest BCUT2D eigenvalue weighted by Gasteiger charge is -2.26. The monoisotopic (exact) mass is 260 g/mol. The molecule has 1 atom stereocenters. The van der Waals surface area contributed by atoms with Gasteiger partial charge in [-0.05, 0) is 46.5 Å². The SMILES string of the molecule is CC(NS(=O)(=O)N(C)C(C)C)C1=CCCCC1. The number of nitrogens with zero attached hydrogens (tertiary/aromatic N) is 1. The Morgan fingerprint density at radius 3 is 2.41 bits per heavy atom. The van der Waals surface area contributed by atoms with Gasteiger partial charge in [-0.2, -0.15) is 17.4 Å². The molecule has 5 heteroatoms. The van der Waals surface area contributed by atoms with E-state index in [9.17, 15) is 8.42 Å². The van der Waals surface area contributed by atoms with Crippen molar-refractivity contribution >= 4 is 10.2 Å². The van der Waals surface area contributed by atoms with E-state index in [1.54, 1.807) is 7.05 Å². The van der Waals surface area contributed by atoms with Gasteiger partial charge in [0.1, 0.15) is 0 Å².